The molecule has 2 aliphatic heterocycles. The monoisotopic (exact) mass is 553 g/mol. The molecule has 3 heterocycles. The minimum atomic E-state index is -3.62. The van der Waals surface area contributed by atoms with Crippen LogP contribution in [-0.4, -0.2) is 61.6 Å². The number of nitrogens with zero attached hydrogens (tertiary/aromatic N) is 3. The standard InChI is InChI=1S/C26H27N3O5S.2C2H6/c1-18-15-21(35(32,33)28-11-13-34-14-12-28)17-27-25(18)20-8-9-23-19(16-20)5-4-10-29(23)26(31)22-6-2-3-7-24(22)30;2*1-2/h2-3,6-9,15-17,30H,4-5,10-14H2,1H3;2*1-2H3. The number of phenols is 1. The van der Waals surface area contributed by atoms with Crippen LogP contribution in [0.15, 0.2) is 59.6 Å². The normalized spacial score (nSPS) is 15.3. The molecule has 5 rings (SSSR count). The number of benzene rings is 2. The molecule has 0 atom stereocenters. The molecule has 0 spiro atoms. The van der Waals surface area contributed by atoms with E-state index < -0.39 is 10.0 Å². The average molecular weight is 554 g/mol. The number of sulfonamides is 1. The zero-order valence-corrected chi connectivity index (χ0v) is 24.3. The van der Waals surface area contributed by atoms with Gasteiger partial charge in [0, 0.05) is 37.1 Å². The number of hydrogen-bond donors (Lipinski definition) is 1. The van der Waals surface area contributed by atoms with Gasteiger partial charge in [0.2, 0.25) is 10.0 Å². The number of para-hydroxylation sites is 1. The molecule has 9 heteroatoms. The summed E-state index contributed by atoms with van der Waals surface area (Å²) in [6.45, 7) is 11.9. The summed E-state index contributed by atoms with van der Waals surface area (Å²) in [5.41, 5.74) is 4.45. The SMILES string of the molecule is CC.CC.Cc1cc(S(=O)(=O)N2CCOCC2)cnc1-c1ccc2c(c1)CCCN2C(=O)c1ccccc1O. The lowest BCUT2D eigenvalue weighted by molar-refractivity contribution is 0.0730. The molecule has 1 fully saturated rings. The zero-order chi connectivity index (χ0) is 28.6. The second-order valence-corrected chi connectivity index (χ2v) is 10.7. The lowest BCUT2D eigenvalue weighted by Crippen LogP contribution is -2.40. The van der Waals surface area contributed by atoms with Crippen LogP contribution in [0, 0.1) is 6.92 Å². The quantitative estimate of drug-likeness (QED) is 0.463. The van der Waals surface area contributed by atoms with Crippen LogP contribution in [0.3, 0.4) is 0 Å². The van der Waals surface area contributed by atoms with E-state index in [2.05, 4.69) is 4.98 Å². The molecule has 1 aromatic heterocycles. The van der Waals surface area contributed by atoms with Crippen molar-refractivity contribution in [2.24, 2.45) is 0 Å². The topological polar surface area (TPSA) is 100 Å². The maximum atomic E-state index is 13.1. The van der Waals surface area contributed by atoms with Crippen molar-refractivity contribution in [2.75, 3.05) is 37.7 Å². The first-order valence-electron chi connectivity index (χ1n) is 13.6. The number of aromatic nitrogens is 1. The zero-order valence-electron chi connectivity index (χ0n) is 23.5. The van der Waals surface area contributed by atoms with Gasteiger partial charge in [-0.3, -0.25) is 9.78 Å². The van der Waals surface area contributed by atoms with Crippen molar-refractivity contribution in [1.82, 2.24) is 9.29 Å². The van der Waals surface area contributed by atoms with Crippen LogP contribution in [0.4, 0.5) is 5.69 Å². The van der Waals surface area contributed by atoms with Crippen LogP contribution in [0.1, 0.15) is 55.6 Å². The van der Waals surface area contributed by atoms with Crippen LogP contribution in [0.25, 0.3) is 11.3 Å². The highest BCUT2D eigenvalue weighted by molar-refractivity contribution is 7.89. The van der Waals surface area contributed by atoms with Gasteiger partial charge in [-0.15, -0.1) is 0 Å². The average Bonchev–Trinajstić information content (AvgIpc) is 2.99. The lowest BCUT2D eigenvalue weighted by atomic mass is 9.96. The Morgan fingerprint density at radius 2 is 1.67 bits per heavy atom. The fourth-order valence-electron chi connectivity index (χ4n) is 4.68. The van der Waals surface area contributed by atoms with Crippen molar-refractivity contribution in [3.05, 3.63) is 71.4 Å². The molecule has 1 N–H and O–H groups in total. The number of aryl methyl sites for hydroxylation is 2. The summed E-state index contributed by atoms with van der Waals surface area (Å²) in [6.07, 6.45) is 3.04. The Hall–Kier alpha value is -3.27. The Kier molecular flexibility index (Phi) is 10.6. The number of phenolic OH excluding ortho intramolecular Hbond substituents is 1. The predicted molar refractivity (Wildman–Crippen MR) is 155 cm³/mol. The first-order chi connectivity index (χ1) is 18.9. The van der Waals surface area contributed by atoms with Crippen LogP contribution >= 0.6 is 0 Å². The Balaban J connectivity index is 0.00000100. The first-order valence-corrected chi connectivity index (χ1v) is 15.1. The molecule has 0 unspecified atom stereocenters. The molecular weight excluding hydrogens is 514 g/mol. The number of rotatable bonds is 4. The summed E-state index contributed by atoms with van der Waals surface area (Å²) in [5.74, 6) is -0.267. The number of ether oxygens (including phenoxy) is 1. The van der Waals surface area contributed by atoms with E-state index in [4.69, 9.17) is 4.74 Å². The number of anilines is 1. The van der Waals surface area contributed by atoms with E-state index in [0.717, 1.165) is 35.2 Å². The van der Waals surface area contributed by atoms with Crippen molar-refractivity contribution in [2.45, 2.75) is 52.4 Å². The first kappa shape index (κ1) is 30.3. The fourth-order valence-corrected chi connectivity index (χ4v) is 6.12. The number of carbonyl (C=O) groups is 1. The second kappa shape index (κ2) is 13.7. The Labute approximate surface area is 232 Å². The summed E-state index contributed by atoms with van der Waals surface area (Å²) >= 11 is 0. The van der Waals surface area contributed by atoms with Crippen molar-refractivity contribution < 1.29 is 23.1 Å². The van der Waals surface area contributed by atoms with Crippen molar-refractivity contribution >= 4 is 21.6 Å². The molecule has 8 nitrogen and oxygen atoms in total. The van der Waals surface area contributed by atoms with E-state index in [-0.39, 0.29) is 22.1 Å². The van der Waals surface area contributed by atoms with Crippen LogP contribution in [0.5, 0.6) is 5.75 Å². The van der Waals surface area contributed by atoms with E-state index in [1.807, 2.05) is 52.8 Å². The number of amides is 1. The smallest absolute Gasteiger partial charge is 0.262 e. The maximum absolute atomic E-state index is 13.1. The molecule has 0 aliphatic carbocycles. The number of pyridine rings is 1. The highest BCUT2D eigenvalue weighted by Crippen LogP contribution is 2.34. The Morgan fingerprint density at radius 3 is 2.33 bits per heavy atom. The maximum Gasteiger partial charge on any atom is 0.262 e. The van der Waals surface area contributed by atoms with Gasteiger partial charge in [-0.1, -0.05) is 45.9 Å². The van der Waals surface area contributed by atoms with Gasteiger partial charge in [-0.25, -0.2) is 8.42 Å². The molecule has 1 saturated heterocycles. The van der Waals surface area contributed by atoms with Gasteiger partial charge < -0.3 is 14.7 Å². The molecular formula is C30H39N3O5S. The van der Waals surface area contributed by atoms with E-state index in [0.29, 0.717) is 38.5 Å². The Morgan fingerprint density at radius 1 is 0.974 bits per heavy atom. The molecule has 1 amide bonds. The largest absolute Gasteiger partial charge is 0.507 e. The van der Waals surface area contributed by atoms with Gasteiger partial charge in [0.15, 0.2) is 0 Å². The van der Waals surface area contributed by atoms with Gasteiger partial charge >= 0.3 is 0 Å². The van der Waals surface area contributed by atoms with Gasteiger partial charge in [0.05, 0.1) is 24.5 Å². The molecule has 2 aliphatic rings. The molecule has 39 heavy (non-hydrogen) atoms. The molecule has 0 radical (unpaired) electrons. The summed E-state index contributed by atoms with van der Waals surface area (Å²) in [5, 5.41) is 10.1. The molecule has 0 bridgehead atoms. The number of morpholine rings is 1. The number of fused-ring (bicyclic) bond motifs is 1. The van der Waals surface area contributed by atoms with Crippen LogP contribution in [-0.2, 0) is 21.2 Å². The fraction of sp³-hybridized carbons (Fsp3) is 0.400. The third-order valence-electron chi connectivity index (χ3n) is 6.51. The minimum Gasteiger partial charge on any atom is -0.507 e. The summed E-state index contributed by atoms with van der Waals surface area (Å²) in [4.78, 5) is 19.5. The van der Waals surface area contributed by atoms with E-state index in [1.54, 1.807) is 29.2 Å². The Bertz CT molecular complexity index is 1390. The summed E-state index contributed by atoms with van der Waals surface area (Å²) < 4.78 is 32.7. The van der Waals surface area contributed by atoms with Crippen molar-refractivity contribution in [3.63, 3.8) is 0 Å². The van der Waals surface area contributed by atoms with Crippen LogP contribution < -0.4 is 4.90 Å². The van der Waals surface area contributed by atoms with Gasteiger partial charge in [0.1, 0.15) is 10.6 Å². The van der Waals surface area contributed by atoms with Gasteiger partial charge in [-0.2, -0.15) is 4.31 Å². The lowest BCUT2D eigenvalue weighted by Gasteiger charge is -2.30. The number of hydrogen-bond acceptors (Lipinski definition) is 6. The van der Waals surface area contributed by atoms with Crippen molar-refractivity contribution in [1.29, 1.82) is 0 Å². The predicted octanol–water partition coefficient (Wildman–Crippen LogP) is 5.43. The number of carbonyl (C=O) groups excluding carboxylic acids is 1. The highest BCUT2D eigenvalue weighted by Gasteiger charge is 2.28. The molecule has 3 aromatic rings. The minimum absolute atomic E-state index is 0.0341. The molecule has 0 saturated carbocycles. The van der Waals surface area contributed by atoms with Gasteiger partial charge in [-0.05, 0) is 61.2 Å². The molecule has 2 aromatic carbocycles. The van der Waals surface area contributed by atoms with E-state index in [1.165, 1.54) is 16.6 Å². The van der Waals surface area contributed by atoms with E-state index >= 15 is 0 Å². The summed E-state index contributed by atoms with van der Waals surface area (Å²) in [6, 6.07) is 14.1. The number of aromatic hydroxyl groups is 1. The van der Waals surface area contributed by atoms with Crippen LogP contribution in [0.2, 0.25) is 0 Å². The van der Waals surface area contributed by atoms with Gasteiger partial charge in [0.25, 0.3) is 5.91 Å². The summed E-state index contributed by atoms with van der Waals surface area (Å²) in [7, 11) is -3.62. The van der Waals surface area contributed by atoms with E-state index in [9.17, 15) is 18.3 Å². The highest BCUT2D eigenvalue weighted by atomic mass is 32.2. The molecule has 210 valence electrons. The third-order valence-corrected chi connectivity index (χ3v) is 8.38. The third kappa shape index (κ3) is 6.49. The second-order valence-electron chi connectivity index (χ2n) is 8.77. The van der Waals surface area contributed by atoms with Crippen molar-refractivity contribution in [3.8, 4) is 17.0 Å².